The third-order valence-corrected chi connectivity index (χ3v) is 4.69. The number of aromatic nitrogens is 3. The Kier molecular flexibility index (Phi) is 3.44. The van der Waals surface area contributed by atoms with Crippen LogP contribution in [-0.2, 0) is 13.0 Å². The van der Waals surface area contributed by atoms with Crippen molar-refractivity contribution < 1.29 is 0 Å². The lowest BCUT2D eigenvalue weighted by Gasteiger charge is -2.04. The number of fused-ring (bicyclic) bond motifs is 1. The number of pyridine rings is 1. The number of hydrogen-bond acceptors (Lipinski definition) is 4. The number of halogens is 1. The van der Waals surface area contributed by atoms with Crippen LogP contribution in [0.25, 0.3) is 10.1 Å². The van der Waals surface area contributed by atoms with E-state index in [2.05, 4.69) is 26.0 Å². The largest absolute Gasteiger partial charge is 0.276 e. The van der Waals surface area contributed by atoms with E-state index in [4.69, 9.17) is 0 Å². The van der Waals surface area contributed by atoms with Crippen LogP contribution in [0.4, 0.5) is 0 Å². The minimum atomic E-state index is -0.0541. The van der Waals surface area contributed by atoms with Gasteiger partial charge in [0.1, 0.15) is 0 Å². The SMILES string of the molecule is O=c1c2c(Br)csc2cnn1CCc1ccccn1. The van der Waals surface area contributed by atoms with Gasteiger partial charge in [-0.05, 0) is 28.1 Å². The molecule has 0 fully saturated rings. The molecule has 3 aromatic rings. The van der Waals surface area contributed by atoms with E-state index in [1.807, 2.05) is 23.6 Å². The topological polar surface area (TPSA) is 47.8 Å². The normalized spacial score (nSPS) is 11.0. The molecule has 0 aromatic carbocycles. The van der Waals surface area contributed by atoms with Crippen molar-refractivity contribution in [3.05, 3.63) is 56.5 Å². The highest BCUT2D eigenvalue weighted by atomic mass is 79.9. The lowest BCUT2D eigenvalue weighted by Crippen LogP contribution is -2.23. The molecule has 3 rings (SSSR count). The van der Waals surface area contributed by atoms with Gasteiger partial charge in [-0.2, -0.15) is 5.10 Å². The molecule has 0 N–H and O–H groups in total. The molecule has 0 unspecified atom stereocenters. The molecule has 3 aromatic heterocycles. The fraction of sp³-hybridized carbons (Fsp3) is 0.154. The molecule has 0 bridgehead atoms. The number of hydrogen-bond donors (Lipinski definition) is 0. The number of nitrogens with zero attached hydrogens (tertiary/aromatic N) is 3. The second-order valence-electron chi connectivity index (χ2n) is 4.07. The smallest absolute Gasteiger partial charge is 0.267 e. The molecule has 6 heteroatoms. The molecule has 0 amide bonds. The first kappa shape index (κ1) is 12.5. The molecule has 4 nitrogen and oxygen atoms in total. The fourth-order valence-electron chi connectivity index (χ4n) is 1.88. The fourth-order valence-corrected chi connectivity index (χ4v) is 3.45. The van der Waals surface area contributed by atoms with Gasteiger partial charge in [0.15, 0.2) is 0 Å². The first-order valence-electron chi connectivity index (χ1n) is 5.78. The summed E-state index contributed by atoms with van der Waals surface area (Å²) in [7, 11) is 0. The Morgan fingerprint density at radius 3 is 3.05 bits per heavy atom. The summed E-state index contributed by atoms with van der Waals surface area (Å²) in [5, 5.41) is 6.82. The van der Waals surface area contributed by atoms with Gasteiger partial charge in [0, 0.05) is 28.2 Å². The van der Waals surface area contributed by atoms with Crippen LogP contribution in [0.5, 0.6) is 0 Å². The van der Waals surface area contributed by atoms with Gasteiger partial charge in [0.25, 0.3) is 5.56 Å². The summed E-state index contributed by atoms with van der Waals surface area (Å²) >= 11 is 4.92. The second-order valence-corrected chi connectivity index (χ2v) is 5.83. The van der Waals surface area contributed by atoms with Crippen molar-refractivity contribution in [3.8, 4) is 0 Å². The predicted octanol–water partition coefficient (Wildman–Crippen LogP) is 2.86. The van der Waals surface area contributed by atoms with Gasteiger partial charge in [-0.3, -0.25) is 9.78 Å². The highest BCUT2D eigenvalue weighted by molar-refractivity contribution is 9.10. The molecule has 0 aliphatic rings. The van der Waals surface area contributed by atoms with E-state index in [0.29, 0.717) is 18.4 Å². The number of aryl methyl sites for hydroxylation is 2. The van der Waals surface area contributed by atoms with Crippen molar-refractivity contribution in [1.82, 2.24) is 14.8 Å². The van der Waals surface area contributed by atoms with Gasteiger partial charge in [-0.1, -0.05) is 6.07 Å². The first-order valence-corrected chi connectivity index (χ1v) is 7.46. The molecule has 0 radical (unpaired) electrons. The molecule has 0 aliphatic heterocycles. The van der Waals surface area contributed by atoms with Crippen LogP contribution in [0.2, 0.25) is 0 Å². The van der Waals surface area contributed by atoms with Crippen molar-refractivity contribution in [3.63, 3.8) is 0 Å². The monoisotopic (exact) mass is 335 g/mol. The van der Waals surface area contributed by atoms with Crippen LogP contribution in [-0.4, -0.2) is 14.8 Å². The predicted molar refractivity (Wildman–Crippen MR) is 79.5 cm³/mol. The maximum absolute atomic E-state index is 12.3. The van der Waals surface area contributed by atoms with E-state index in [1.165, 1.54) is 16.0 Å². The van der Waals surface area contributed by atoms with E-state index < -0.39 is 0 Å². The van der Waals surface area contributed by atoms with Crippen molar-refractivity contribution >= 4 is 37.4 Å². The van der Waals surface area contributed by atoms with Crippen LogP contribution in [0.15, 0.2) is 45.2 Å². The zero-order chi connectivity index (χ0) is 13.2. The summed E-state index contributed by atoms with van der Waals surface area (Å²) in [6.07, 6.45) is 4.19. The van der Waals surface area contributed by atoms with E-state index >= 15 is 0 Å². The van der Waals surface area contributed by atoms with Gasteiger partial charge >= 0.3 is 0 Å². The average Bonchev–Trinajstić information content (AvgIpc) is 2.82. The number of thiophene rings is 1. The third kappa shape index (κ3) is 2.46. The molecule has 0 aliphatic carbocycles. The summed E-state index contributed by atoms with van der Waals surface area (Å²) in [5.41, 5.74) is 0.905. The molecular weight excluding hydrogens is 326 g/mol. The Balaban J connectivity index is 1.91. The molecule has 0 saturated carbocycles. The Hall–Kier alpha value is -1.53. The number of rotatable bonds is 3. The minimum absolute atomic E-state index is 0.0541. The minimum Gasteiger partial charge on any atom is -0.267 e. The van der Waals surface area contributed by atoms with Crippen molar-refractivity contribution in [2.75, 3.05) is 0 Å². The third-order valence-electron chi connectivity index (χ3n) is 2.84. The maximum Gasteiger partial charge on any atom is 0.276 e. The van der Waals surface area contributed by atoms with Crippen molar-refractivity contribution in [2.45, 2.75) is 13.0 Å². The zero-order valence-electron chi connectivity index (χ0n) is 9.91. The van der Waals surface area contributed by atoms with Crippen LogP contribution < -0.4 is 5.56 Å². The highest BCUT2D eigenvalue weighted by Gasteiger charge is 2.09. The van der Waals surface area contributed by atoms with E-state index in [-0.39, 0.29) is 5.56 Å². The van der Waals surface area contributed by atoms with Gasteiger partial charge in [0.05, 0.1) is 22.8 Å². The van der Waals surface area contributed by atoms with Gasteiger partial charge in [-0.15, -0.1) is 11.3 Å². The average molecular weight is 336 g/mol. The lowest BCUT2D eigenvalue weighted by molar-refractivity contribution is 0.579. The Bertz CT molecular complexity index is 766. The van der Waals surface area contributed by atoms with Crippen LogP contribution in [0.1, 0.15) is 5.69 Å². The molecule has 96 valence electrons. The Morgan fingerprint density at radius 2 is 2.26 bits per heavy atom. The maximum atomic E-state index is 12.3. The quantitative estimate of drug-likeness (QED) is 0.739. The second kappa shape index (κ2) is 5.22. The standard InChI is InChI=1S/C13H10BrN3OS/c14-10-8-19-11-7-16-17(13(18)12(10)11)6-4-9-3-1-2-5-15-9/h1-3,5,7-8H,4,6H2. The Labute approximate surface area is 121 Å². The molecule has 0 saturated heterocycles. The molecule has 3 heterocycles. The molecular formula is C13H10BrN3OS. The molecule has 0 atom stereocenters. The summed E-state index contributed by atoms with van der Waals surface area (Å²) < 4.78 is 3.24. The first-order chi connectivity index (χ1) is 9.25. The van der Waals surface area contributed by atoms with E-state index in [1.54, 1.807) is 12.4 Å². The summed E-state index contributed by atoms with van der Waals surface area (Å²) in [5.74, 6) is 0. The lowest BCUT2D eigenvalue weighted by atomic mass is 10.3. The van der Waals surface area contributed by atoms with Gasteiger partial charge in [0.2, 0.25) is 0 Å². The van der Waals surface area contributed by atoms with Crippen LogP contribution in [0, 0.1) is 0 Å². The molecule has 19 heavy (non-hydrogen) atoms. The van der Waals surface area contributed by atoms with E-state index in [9.17, 15) is 4.79 Å². The summed E-state index contributed by atoms with van der Waals surface area (Å²) in [6.45, 7) is 0.536. The van der Waals surface area contributed by atoms with Crippen LogP contribution in [0.3, 0.4) is 0 Å². The van der Waals surface area contributed by atoms with E-state index in [0.717, 1.165) is 14.9 Å². The highest BCUT2D eigenvalue weighted by Crippen LogP contribution is 2.26. The van der Waals surface area contributed by atoms with Crippen molar-refractivity contribution in [2.24, 2.45) is 0 Å². The summed E-state index contributed by atoms with van der Waals surface area (Å²) in [6, 6.07) is 5.77. The summed E-state index contributed by atoms with van der Waals surface area (Å²) in [4.78, 5) is 16.5. The Morgan fingerprint density at radius 1 is 1.37 bits per heavy atom. The van der Waals surface area contributed by atoms with Gasteiger partial charge < -0.3 is 0 Å². The molecule has 0 spiro atoms. The van der Waals surface area contributed by atoms with Crippen LogP contribution >= 0.6 is 27.3 Å². The van der Waals surface area contributed by atoms with Crippen molar-refractivity contribution in [1.29, 1.82) is 0 Å². The van der Waals surface area contributed by atoms with Gasteiger partial charge in [-0.25, -0.2) is 4.68 Å². The zero-order valence-corrected chi connectivity index (χ0v) is 12.3.